The molecule has 33 heavy (non-hydrogen) atoms. The third kappa shape index (κ3) is 7.60. The average molecular weight is 549 g/mol. The van der Waals surface area contributed by atoms with Crippen molar-refractivity contribution in [3.63, 3.8) is 0 Å². The summed E-state index contributed by atoms with van der Waals surface area (Å²) < 4.78 is 6.66. The van der Waals surface area contributed by atoms with Crippen molar-refractivity contribution in [3.8, 4) is 5.75 Å². The van der Waals surface area contributed by atoms with E-state index in [0.29, 0.717) is 39.9 Å². The third-order valence-electron chi connectivity index (χ3n) is 4.52. The van der Waals surface area contributed by atoms with Crippen LogP contribution in [0.4, 0.5) is 0 Å². The van der Waals surface area contributed by atoms with Gasteiger partial charge in [-0.2, -0.15) is 5.10 Å². The molecule has 0 radical (unpaired) electrons. The van der Waals surface area contributed by atoms with E-state index in [-0.39, 0.29) is 6.61 Å². The summed E-state index contributed by atoms with van der Waals surface area (Å²) in [6.45, 7) is 0.491. The lowest BCUT2D eigenvalue weighted by Crippen LogP contribution is -2.38. The topological polar surface area (TPSA) is 79.8 Å². The Kier molecular flexibility index (Phi) is 9.30. The number of benzene rings is 3. The van der Waals surface area contributed by atoms with Crippen LogP contribution in [0.15, 0.2) is 76.3 Å². The number of hydrogen-bond donors (Lipinski definition) is 2. The lowest BCUT2D eigenvalue weighted by Gasteiger charge is -2.12. The maximum Gasteiger partial charge on any atom is 0.329 e. The molecule has 0 unspecified atom stereocenters. The van der Waals surface area contributed by atoms with Crippen LogP contribution in [-0.2, 0) is 22.6 Å². The van der Waals surface area contributed by atoms with Gasteiger partial charge in [0.05, 0.1) is 6.21 Å². The van der Waals surface area contributed by atoms with Crippen molar-refractivity contribution in [2.24, 2.45) is 5.10 Å². The lowest BCUT2D eigenvalue weighted by molar-refractivity contribution is -0.139. The summed E-state index contributed by atoms with van der Waals surface area (Å²) in [4.78, 5) is 24.0. The number of hydrogen-bond acceptors (Lipinski definition) is 4. The van der Waals surface area contributed by atoms with Crippen molar-refractivity contribution >= 4 is 57.2 Å². The fourth-order valence-corrected chi connectivity index (χ4v) is 3.71. The van der Waals surface area contributed by atoms with Crippen molar-refractivity contribution in [3.05, 3.63) is 97.9 Å². The Bertz CT molecular complexity index is 1140. The van der Waals surface area contributed by atoms with Crippen molar-refractivity contribution in [2.45, 2.75) is 13.0 Å². The van der Waals surface area contributed by atoms with Gasteiger partial charge in [-0.1, -0.05) is 75.5 Å². The van der Waals surface area contributed by atoms with Gasteiger partial charge < -0.3 is 10.1 Å². The van der Waals surface area contributed by atoms with Gasteiger partial charge >= 0.3 is 11.8 Å². The number of rotatable bonds is 8. The van der Waals surface area contributed by atoms with Crippen LogP contribution in [0.1, 0.15) is 16.7 Å². The second-order valence-electron chi connectivity index (χ2n) is 6.86. The fourth-order valence-electron chi connectivity index (χ4n) is 2.83. The Hall–Kier alpha value is -2.87. The highest BCUT2D eigenvalue weighted by atomic mass is 79.9. The Morgan fingerprint density at radius 3 is 2.42 bits per heavy atom. The summed E-state index contributed by atoms with van der Waals surface area (Å²) in [5, 5.41) is 7.45. The van der Waals surface area contributed by atoms with Crippen molar-refractivity contribution in [1.82, 2.24) is 10.7 Å². The normalized spacial score (nSPS) is 10.8. The lowest BCUT2D eigenvalue weighted by atomic mass is 10.1. The molecule has 0 aromatic heterocycles. The van der Waals surface area contributed by atoms with E-state index in [9.17, 15) is 9.59 Å². The molecule has 6 nitrogen and oxygen atoms in total. The van der Waals surface area contributed by atoms with Gasteiger partial charge in [0.2, 0.25) is 0 Å². The van der Waals surface area contributed by atoms with E-state index in [1.165, 1.54) is 6.21 Å². The summed E-state index contributed by atoms with van der Waals surface area (Å²) in [7, 11) is 0. The predicted octanol–water partition coefficient (Wildman–Crippen LogP) is 5.14. The summed E-state index contributed by atoms with van der Waals surface area (Å²) in [6, 6.07) is 20.2. The molecule has 170 valence electrons. The van der Waals surface area contributed by atoms with Crippen LogP contribution >= 0.6 is 39.1 Å². The third-order valence-corrected chi connectivity index (χ3v) is 5.73. The summed E-state index contributed by atoms with van der Waals surface area (Å²) >= 11 is 15.8. The number of halogens is 3. The number of hydrazone groups is 1. The zero-order valence-corrected chi connectivity index (χ0v) is 20.5. The molecular weight excluding hydrogens is 529 g/mol. The minimum atomic E-state index is -0.861. The van der Waals surface area contributed by atoms with Gasteiger partial charge in [0.1, 0.15) is 12.4 Å². The molecule has 3 rings (SSSR count). The maximum absolute atomic E-state index is 12.0. The van der Waals surface area contributed by atoms with Gasteiger partial charge in [-0.05, 0) is 42.3 Å². The average Bonchev–Trinajstić information content (AvgIpc) is 2.80. The largest absolute Gasteiger partial charge is 0.488 e. The number of nitrogens with one attached hydrogen (secondary N) is 2. The van der Waals surface area contributed by atoms with Gasteiger partial charge in [0, 0.05) is 32.2 Å². The molecule has 0 saturated heterocycles. The minimum Gasteiger partial charge on any atom is -0.488 e. The molecule has 0 atom stereocenters. The maximum atomic E-state index is 12.0. The Morgan fingerprint density at radius 2 is 1.70 bits per heavy atom. The van der Waals surface area contributed by atoms with Crippen molar-refractivity contribution in [1.29, 1.82) is 0 Å². The Balaban J connectivity index is 1.56. The molecule has 0 aliphatic heterocycles. The molecule has 0 aliphatic rings. The van der Waals surface area contributed by atoms with Crippen LogP contribution in [-0.4, -0.2) is 24.6 Å². The van der Waals surface area contributed by atoms with Gasteiger partial charge in [-0.25, -0.2) is 5.43 Å². The van der Waals surface area contributed by atoms with Crippen LogP contribution in [0.2, 0.25) is 10.0 Å². The van der Waals surface area contributed by atoms with Crippen molar-refractivity contribution in [2.75, 3.05) is 6.54 Å². The predicted molar refractivity (Wildman–Crippen MR) is 134 cm³/mol. The molecule has 0 bridgehead atoms. The number of carbonyl (C=O) groups excluding carboxylic acids is 2. The number of nitrogens with zero attached hydrogens (tertiary/aromatic N) is 1. The highest BCUT2D eigenvalue weighted by Gasteiger charge is 2.12. The first kappa shape index (κ1) is 24.8. The second kappa shape index (κ2) is 12.4. The van der Waals surface area contributed by atoms with E-state index >= 15 is 0 Å². The number of carbonyl (C=O) groups is 2. The summed E-state index contributed by atoms with van der Waals surface area (Å²) in [6.07, 6.45) is 2.01. The van der Waals surface area contributed by atoms with E-state index in [2.05, 4.69) is 31.8 Å². The molecule has 3 aromatic rings. The molecule has 9 heteroatoms. The monoisotopic (exact) mass is 547 g/mol. The van der Waals surface area contributed by atoms with Gasteiger partial charge in [0.25, 0.3) is 0 Å². The van der Waals surface area contributed by atoms with E-state index < -0.39 is 11.8 Å². The van der Waals surface area contributed by atoms with Crippen LogP contribution in [0, 0.1) is 0 Å². The van der Waals surface area contributed by atoms with E-state index in [0.717, 1.165) is 10.0 Å². The second-order valence-corrected chi connectivity index (χ2v) is 8.59. The Morgan fingerprint density at radius 1 is 0.970 bits per heavy atom. The molecule has 2 N–H and O–H groups in total. The molecule has 2 amide bonds. The van der Waals surface area contributed by atoms with E-state index in [4.69, 9.17) is 27.9 Å². The van der Waals surface area contributed by atoms with Gasteiger partial charge in [-0.15, -0.1) is 0 Å². The molecular formula is C24H20BrCl2N3O3. The highest BCUT2D eigenvalue weighted by Crippen LogP contribution is 2.28. The molecule has 0 heterocycles. The summed E-state index contributed by atoms with van der Waals surface area (Å²) in [5.74, 6) is -1.12. The smallest absolute Gasteiger partial charge is 0.329 e. The van der Waals surface area contributed by atoms with Crippen LogP contribution < -0.4 is 15.5 Å². The van der Waals surface area contributed by atoms with Gasteiger partial charge in [-0.3, -0.25) is 9.59 Å². The Labute approximate surface area is 210 Å². The number of amides is 2. The first-order valence-electron chi connectivity index (χ1n) is 9.94. The SMILES string of the molecule is O=C(NCCc1ccccc1)C(=O)N/N=C\c1cc(Br)ccc1OCc1c(Cl)cccc1Cl. The first-order valence-corrected chi connectivity index (χ1v) is 11.5. The van der Waals surface area contributed by atoms with Gasteiger partial charge in [0.15, 0.2) is 0 Å². The standard InChI is InChI=1S/C24H20BrCl2N3O3/c25-18-9-10-22(33-15-19-20(26)7-4-8-21(19)27)17(13-18)14-29-30-24(32)23(31)28-12-11-16-5-2-1-3-6-16/h1-10,13-14H,11-12,15H2,(H,28,31)(H,30,32)/b29-14-. The van der Waals surface area contributed by atoms with E-state index in [1.807, 2.05) is 30.3 Å². The first-order chi connectivity index (χ1) is 15.9. The quantitative estimate of drug-likeness (QED) is 0.232. The molecule has 3 aromatic carbocycles. The van der Waals surface area contributed by atoms with E-state index in [1.54, 1.807) is 36.4 Å². The van der Waals surface area contributed by atoms with Crippen LogP contribution in [0.25, 0.3) is 0 Å². The highest BCUT2D eigenvalue weighted by molar-refractivity contribution is 9.10. The van der Waals surface area contributed by atoms with Crippen molar-refractivity contribution < 1.29 is 14.3 Å². The molecule has 0 fully saturated rings. The molecule has 0 aliphatic carbocycles. The zero-order chi connectivity index (χ0) is 23.6. The van der Waals surface area contributed by atoms with Crippen LogP contribution in [0.5, 0.6) is 5.75 Å². The minimum absolute atomic E-state index is 0.150. The zero-order valence-electron chi connectivity index (χ0n) is 17.4. The summed E-state index contributed by atoms with van der Waals surface area (Å²) in [5.41, 5.74) is 4.53. The molecule has 0 spiro atoms. The number of ether oxygens (including phenoxy) is 1. The van der Waals surface area contributed by atoms with Crippen LogP contribution in [0.3, 0.4) is 0 Å². The fraction of sp³-hybridized carbons (Fsp3) is 0.125. The molecule has 0 saturated carbocycles.